The van der Waals surface area contributed by atoms with E-state index >= 15 is 0 Å². The lowest BCUT2D eigenvalue weighted by Gasteiger charge is -2.24. The van der Waals surface area contributed by atoms with E-state index in [1.165, 1.54) is 11.1 Å². The summed E-state index contributed by atoms with van der Waals surface area (Å²) >= 11 is 0. The molecule has 116 valence electrons. The van der Waals surface area contributed by atoms with Gasteiger partial charge in [0.2, 0.25) is 5.89 Å². The first-order valence-corrected chi connectivity index (χ1v) is 7.74. The van der Waals surface area contributed by atoms with Crippen LogP contribution in [-0.2, 0) is 22.3 Å². The van der Waals surface area contributed by atoms with Gasteiger partial charge in [0.1, 0.15) is 0 Å². The maximum absolute atomic E-state index is 5.68. The van der Waals surface area contributed by atoms with Crippen LogP contribution in [0.1, 0.15) is 29.5 Å². The first kappa shape index (κ1) is 13.7. The third-order valence-corrected chi connectivity index (χ3v) is 4.21. The Balaban J connectivity index is 1.41. The minimum absolute atomic E-state index is 0.246. The predicted octanol–water partition coefficient (Wildman–Crippen LogP) is 2.13. The monoisotopic (exact) mass is 301 g/mol. The first-order valence-electron chi connectivity index (χ1n) is 7.74. The number of fused-ring (bicyclic) bond motifs is 1. The molecular formula is C16H19N3O3. The molecule has 1 aliphatic heterocycles. The number of ether oxygens (including phenoxy) is 2. The van der Waals surface area contributed by atoms with Gasteiger partial charge in [0.25, 0.3) is 0 Å². The van der Waals surface area contributed by atoms with Crippen molar-refractivity contribution in [3.05, 3.63) is 41.3 Å². The standard InChI is InChI=1S/C16H19N3O3/c1-2-4-12-9-13(6-5-11(12)3-1)17-16-19-18-15(22-16)14-10-20-7-8-21-14/h1-4,13-14H,5-10H2,(H,17,19). The van der Waals surface area contributed by atoms with Crippen molar-refractivity contribution in [2.24, 2.45) is 0 Å². The Morgan fingerprint density at radius 1 is 1.09 bits per heavy atom. The highest BCUT2D eigenvalue weighted by molar-refractivity contribution is 5.33. The number of benzene rings is 1. The van der Waals surface area contributed by atoms with Crippen LogP contribution in [0.3, 0.4) is 0 Å². The fourth-order valence-corrected chi connectivity index (χ4v) is 3.05. The zero-order valence-electron chi connectivity index (χ0n) is 12.3. The molecule has 0 saturated carbocycles. The molecule has 1 N–H and O–H groups in total. The minimum Gasteiger partial charge on any atom is -0.405 e. The summed E-state index contributed by atoms with van der Waals surface area (Å²) in [6, 6.07) is 9.38. The van der Waals surface area contributed by atoms with E-state index < -0.39 is 0 Å². The molecule has 2 unspecified atom stereocenters. The number of hydrogen-bond donors (Lipinski definition) is 1. The second-order valence-electron chi connectivity index (χ2n) is 5.73. The van der Waals surface area contributed by atoms with Crippen molar-refractivity contribution in [2.45, 2.75) is 31.4 Å². The molecule has 2 aromatic rings. The summed E-state index contributed by atoms with van der Waals surface area (Å²) in [5.74, 6) is 0.485. The smallest absolute Gasteiger partial charge is 0.315 e. The van der Waals surface area contributed by atoms with Crippen LogP contribution >= 0.6 is 0 Å². The van der Waals surface area contributed by atoms with E-state index in [-0.39, 0.29) is 6.10 Å². The molecule has 0 bridgehead atoms. The summed E-state index contributed by atoms with van der Waals surface area (Å²) in [6.45, 7) is 1.66. The Bertz CT molecular complexity index is 637. The third kappa shape index (κ3) is 2.84. The second kappa shape index (κ2) is 6.06. The van der Waals surface area contributed by atoms with Crippen LogP contribution < -0.4 is 5.32 Å². The molecule has 1 aromatic carbocycles. The minimum atomic E-state index is -0.246. The maximum Gasteiger partial charge on any atom is 0.315 e. The second-order valence-corrected chi connectivity index (χ2v) is 5.73. The normalized spacial score (nSPS) is 24.7. The van der Waals surface area contributed by atoms with Crippen LogP contribution in [0, 0.1) is 0 Å². The lowest BCUT2D eigenvalue weighted by molar-refractivity contribution is -0.0994. The zero-order valence-corrected chi connectivity index (χ0v) is 12.3. The molecule has 0 spiro atoms. The fraction of sp³-hybridized carbons (Fsp3) is 0.500. The van der Waals surface area contributed by atoms with Crippen molar-refractivity contribution < 1.29 is 13.9 Å². The largest absolute Gasteiger partial charge is 0.405 e. The highest BCUT2D eigenvalue weighted by Gasteiger charge is 2.24. The molecule has 0 radical (unpaired) electrons. The molecule has 22 heavy (non-hydrogen) atoms. The number of nitrogens with zero attached hydrogens (tertiary/aromatic N) is 2. The number of aryl methyl sites for hydroxylation is 1. The molecule has 2 atom stereocenters. The van der Waals surface area contributed by atoms with Gasteiger partial charge in [-0.2, -0.15) is 0 Å². The summed E-state index contributed by atoms with van der Waals surface area (Å²) in [4.78, 5) is 0. The van der Waals surface area contributed by atoms with Gasteiger partial charge >= 0.3 is 6.01 Å². The predicted molar refractivity (Wildman–Crippen MR) is 79.7 cm³/mol. The van der Waals surface area contributed by atoms with Crippen molar-refractivity contribution in [3.8, 4) is 0 Å². The van der Waals surface area contributed by atoms with Gasteiger partial charge in [-0.25, -0.2) is 0 Å². The van der Waals surface area contributed by atoms with E-state index in [0.29, 0.717) is 37.8 Å². The fourth-order valence-electron chi connectivity index (χ4n) is 3.05. The van der Waals surface area contributed by atoms with Crippen molar-refractivity contribution in [1.82, 2.24) is 10.2 Å². The Morgan fingerprint density at radius 3 is 2.86 bits per heavy atom. The van der Waals surface area contributed by atoms with Gasteiger partial charge < -0.3 is 19.2 Å². The lowest BCUT2D eigenvalue weighted by atomic mass is 9.88. The van der Waals surface area contributed by atoms with Crippen LogP contribution in [-0.4, -0.2) is 36.1 Å². The maximum atomic E-state index is 5.68. The van der Waals surface area contributed by atoms with Gasteiger partial charge in [0, 0.05) is 6.04 Å². The molecule has 1 saturated heterocycles. The first-order chi connectivity index (χ1) is 10.9. The number of nitrogens with one attached hydrogen (secondary N) is 1. The van der Waals surface area contributed by atoms with Crippen LogP contribution in [0.4, 0.5) is 6.01 Å². The van der Waals surface area contributed by atoms with Crippen LogP contribution in [0.25, 0.3) is 0 Å². The van der Waals surface area contributed by atoms with E-state index in [9.17, 15) is 0 Å². The molecule has 1 fully saturated rings. The topological polar surface area (TPSA) is 69.4 Å². The number of rotatable bonds is 3. The van der Waals surface area contributed by atoms with Gasteiger partial charge in [0.15, 0.2) is 6.10 Å². The zero-order chi connectivity index (χ0) is 14.8. The average molecular weight is 301 g/mol. The highest BCUT2D eigenvalue weighted by atomic mass is 16.6. The molecule has 4 rings (SSSR count). The third-order valence-electron chi connectivity index (χ3n) is 4.21. The summed E-state index contributed by atoms with van der Waals surface area (Å²) in [6.07, 6.45) is 2.88. The van der Waals surface area contributed by atoms with E-state index in [1.807, 2.05) is 0 Å². The van der Waals surface area contributed by atoms with Gasteiger partial charge in [-0.3, -0.25) is 0 Å². The summed E-state index contributed by atoms with van der Waals surface area (Å²) < 4.78 is 16.6. The Hall–Kier alpha value is -1.92. The number of hydrogen-bond acceptors (Lipinski definition) is 6. The van der Waals surface area contributed by atoms with E-state index in [4.69, 9.17) is 13.9 Å². The molecule has 6 nitrogen and oxygen atoms in total. The lowest BCUT2D eigenvalue weighted by Crippen LogP contribution is -2.27. The van der Waals surface area contributed by atoms with Crippen LogP contribution in [0.2, 0.25) is 0 Å². The summed E-state index contributed by atoms with van der Waals surface area (Å²) in [5, 5.41) is 11.5. The average Bonchev–Trinajstić information content (AvgIpc) is 3.04. The van der Waals surface area contributed by atoms with Crippen molar-refractivity contribution in [2.75, 3.05) is 25.1 Å². The SMILES string of the molecule is c1ccc2c(c1)CCC(Nc1nnc(C3COCCO3)o1)C2. The van der Waals surface area contributed by atoms with Gasteiger partial charge in [-0.05, 0) is 30.4 Å². The Labute approximate surface area is 128 Å². The van der Waals surface area contributed by atoms with Crippen molar-refractivity contribution in [1.29, 1.82) is 0 Å². The Kier molecular flexibility index (Phi) is 3.78. The number of anilines is 1. The molecule has 1 aromatic heterocycles. The van der Waals surface area contributed by atoms with Crippen molar-refractivity contribution in [3.63, 3.8) is 0 Å². The highest BCUT2D eigenvalue weighted by Crippen LogP contribution is 2.25. The molecule has 1 aliphatic carbocycles. The molecular weight excluding hydrogens is 282 g/mol. The van der Waals surface area contributed by atoms with Crippen molar-refractivity contribution >= 4 is 6.01 Å². The van der Waals surface area contributed by atoms with E-state index in [2.05, 4.69) is 39.8 Å². The van der Waals surface area contributed by atoms with Crippen LogP contribution in [0.5, 0.6) is 0 Å². The van der Waals surface area contributed by atoms with E-state index in [1.54, 1.807) is 0 Å². The Morgan fingerprint density at radius 2 is 2.00 bits per heavy atom. The van der Waals surface area contributed by atoms with Gasteiger partial charge in [0.05, 0.1) is 19.8 Å². The van der Waals surface area contributed by atoms with Gasteiger partial charge in [-0.1, -0.05) is 29.4 Å². The van der Waals surface area contributed by atoms with Crippen LogP contribution in [0.15, 0.2) is 28.7 Å². The van der Waals surface area contributed by atoms with E-state index in [0.717, 1.165) is 19.3 Å². The summed E-state index contributed by atoms with van der Waals surface area (Å²) in [5.41, 5.74) is 2.84. The number of aromatic nitrogens is 2. The summed E-state index contributed by atoms with van der Waals surface area (Å²) in [7, 11) is 0. The molecule has 0 amide bonds. The molecule has 2 aliphatic rings. The van der Waals surface area contributed by atoms with Gasteiger partial charge in [-0.15, -0.1) is 5.10 Å². The molecule has 6 heteroatoms. The molecule has 2 heterocycles. The quantitative estimate of drug-likeness (QED) is 0.936.